The highest BCUT2D eigenvalue weighted by molar-refractivity contribution is 4.68. The van der Waals surface area contributed by atoms with E-state index in [1.807, 2.05) is 0 Å². The molecule has 0 fully saturated rings. The highest BCUT2D eigenvalue weighted by atomic mass is 16.3. The summed E-state index contributed by atoms with van der Waals surface area (Å²) in [6.45, 7) is 6.42. The van der Waals surface area contributed by atoms with E-state index < -0.39 is 6.10 Å². The lowest BCUT2D eigenvalue weighted by Crippen LogP contribution is -2.24. The summed E-state index contributed by atoms with van der Waals surface area (Å²) in [7, 11) is 0. The normalized spacial score (nSPS) is 15.9. The third-order valence-electron chi connectivity index (χ3n) is 3.36. The van der Waals surface area contributed by atoms with Gasteiger partial charge in [-0.15, -0.1) is 0 Å². The van der Waals surface area contributed by atoms with Crippen LogP contribution in [0.4, 0.5) is 0 Å². The van der Waals surface area contributed by atoms with Crippen LogP contribution in [0, 0.1) is 11.8 Å². The van der Waals surface area contributed by atoms with Gasteiger partial charge in [-0.1, -0.05) is 46.5 Å². The Morgan fingerprint density at radius 1 is 0.929 bits per heavy atom. The van der Waals surface area contributed by atoms with Crippen molar-refractivity contribution in [3.8, 4) is 0 Å². The van der Waals surface area contributed by atoms with E-state index in [1.54, 1.807) is 0 Å². The Balaban J connectivity index is 3.81. The van der Waals surface area contributed by atoms with Crippen molar-refractivity contribution in [3.05, 3.63) is 0 Å². The van der Waals surface area contributed by atoms with E-state index in [4.69, 9.17) is 5.11 Å². The standard InChI is InChI=1S/C12H26O2/c1-4-10(5-2)7-8-11(6-3)12(14)9-13/h10-14H,4-9H2,1-3H3. The Kier molecular flexibility index (Phi) is 8.20. The molecule has 0 saturated heterocycles. The monoisotopic (exact) mass is 202 g/mol. The quantitative estimate of drug-likeness (QED) is 0.635. The van der Waals surface area contributed by atoms with Crippen LogP contribution in [0.5, 0.6) is 0 Å². The van der Waals surface area contributed by atoms with E-state index in [9.17, 15) is 5.11 Å². The maximum Gasteiger partial charge on any atom is 0.0798 e. The lowest BCUT2D eigenvalue weighted by Gasteiger charge is -2.22. The minimum atomic E-state index is -0.519. The molecule has 2 atom stereocenters. The fourth-order valence-electron chi connectivity index (χ4n) is 1.96. The van der Waals surface area contributed by atoms with Crippen molar-refractivity contribution in [2.75, 3.05) is 6.61 Å². The Morgan fingerprint density at radius 3 is 1.86 bits per heavy atom. The smallest absolute Gasteiger partial charge is 0.0798 e. The fraction of sp³-hybridized carbons (Fsp3) is 1.00. The topological polar surface area (TPSA) is 40.5 Å². The van der Waals surface area contributed by atoms with Crippen molar-refractivity contribution in [2.24, 2.45) is 11.8 Å². The molecule has 0 aliphatic rings. The lowest BCUT2D eigenvalue weighted by molar-refractivity contribution is 0.0395. The molecule has 0 rings (SSSR count). The molecule has 0 aromatic heterocycles. The number of aliphatic hydroxyl groups is 2. The van der Waals surface area contributed by atoms with Gasteiger partial charge < -0.3 is 10.2 Å². The van der Waals surface area contributed by atoms with Gasteiger partial charge in [0, 0.05) is 0 Å². The van der Waals surface area contributed by atoms with Crippen LogP contribution >= 0.6 is 0 Å². The molecule has 0 radical (unpaired) electrons. The number of aliphatic hydroxyl groups excluding tert-OH is 2. The van der Waals surface area contributed by atoms with Crippen LogP contribution < -0.4 is 0 Å². The zero-order valence-electron chi connectivity index (χ0n) is 9.87. The SMILES string of the molecule is CCC(CC)CCC(CC)C(O)CO. The molecular weight excluding hydrogens is 176 g/mol. The van der Waals surface area contributed by atoms with E-state index in [0.717, 1.165) is 18.8 Å². The number of rotatable bonds is 8. The van der Waals surface area contributed by atoms with Crippen molar-refractivity contribution in [1.29, 1.82) is 0 Å². The van der Waals surface area contributed by atoms with Crippen LogP contribution in [0.2, 0.25) is 0 Å². The molecule has 0 aromatic carbocycles. The molecule has 2 N–H and O–H groups in total. The minimum Gasteiger partial charge on any atom is -0.394 e. The van der Waals surface area contributed by atoms with Crippen LogP contribution in [-0.2, 0) is 0 Å². The predicted octanol–water partition coefficient (Wildman–Crippen LogP) is 2.58. The molecule has 2 nitrogen and oxygen atoms in total. The van der Waals surface area contributed by atoms with Crippen molar-refractivity contribution in [2.45, 2.75) is 59.0 Å². The molecule has 86 valence electrons. The molecule has 0 bridgehead atoms. The summed E-state index contributed by atoms with van der Waals surface area (Å²) in [5, 5.41) is 18.4. The summed E-state index contributed by atoms with van der Waals surface area (Å²) in [5.41, 5.74) is 0. The van der Waals surface area contributed by atoms with Gasteiger partial charge in [-0.25, -0.2) is 0 Å². The molecule has 2 unspecified atom stereocenters. The zero-order chi connectivity index (χ0) is 11.0. The molecule has 0 aliphatic heterocycles. The molecule has 0 aliphatic carbocycles. The Bertz CT molecular complexity index is 121. The van der Waals surface area contributed by atoms with Crippen molar-refractivity contribution in [3.63, 3.8) is 0 Å². The average molecular weight is 202 g/mol. The van der Waals surface area contributed by atoms with Gasteiger partial charge in [0.25, 0.3) is 0 Å². The number of hydrogen-bond donors (Lipinski definition) is 2. The molecule has 14 heavy (non-hydrogen) atoms. The molecule has 0 saturated carbocycles. The largest absolute Gasteiger partial charge is 0.394 e. The first kappa shape index (κ1) is 13.9. The Labute approximate surface area is 88.3 Å². The summed E-state index contributed by atoms with van der Waals surface area (Å²) in [5.74, 6) is 1.07. The second-order valence-corrected chi connectivity index (χ2v) is 4.18. The molecule has 0 heterocycles. The summed E-state index contributed by atoms with van der Waals surface area (Å²) in [6, 6.07) is 0. The summed E-state index contributed by atoms with van der Waals surface area (Å²) in [4.78, 5) is 0. The zero-order valence-corrected chi connectivity index (χ0v) is 9.87. The Hall–Kier alpha value is -0.0800. The highest BCUT2D eigenvalue weighted by Crippen LogP contribution is 2.22. The van der Waals surface area contributed by atoms with Crippen molar-refractivity contribution < 1.29 is 10.2 Å². The van der Waals surface area contributed by atoms with Crippen LogP contribution in [0.1, 0.15) is 52.9 Å². The van der Waals surface area contributed by atoms with Gasteiger partial charge in [-0.05, 0) is 18.3 Å². The van der Waals surface area contributed by atoms with Gasteiger partial charge in [0.05, 0.1) is 12.7 Å². The summed E-state index contributed by atoms with van der Waals surface area (Å²) in [6.07, 6.45) is 5.12. The van der Waals surface area contributed by atoms with Crippen LogP contribution in [-0.4, -0.2) is 22.9 Å². The van der Waals surface area contributed by atoms with Crippen molar-refractivity contribution in [1.82, 2.24) is 0 Å². The van der Waals surface area contributed by atoms with Gasteiger partial charge in [0.1, 0.15) is 0 Å². The second kappa shape index (κ2) is 8.25. The minimum absolute atomic E-state index is 0.0958. The van der Waals surface area contributed by atoms with E-state index in [2.05, 4.69) is 20.8 Å². The van der Waals surface area contributed by atoms with Crippen molar-refractivity contribution >= 4 is 0 Å². The third-order valence-corrected chi connectivity index (χ3v) is 3.36. The second-order valence-electron chi connectivity index (χ2n) is 4.18. The lowest BCUT2D eigenvalue weighted by atomic mass is 9.88. The molecule has 0 spiro atoms. The van der Waals surface area contributed by atoms with Gasteiger partial charge >= 0.3 is 0 Å². The average Bonchev–Trinajstić information content (AvgIpc) is 2.24. The van der Waals surface area contributed by atoms with Crippen LogP contribution in [0.15, 0.2) is 0 Å². The Morgan fingerprint density at radius 2 is 1.50 bits per heavy atom. The third kappa shape index (κ3) is 4.97. The highest BCUT2D eigenvalue weighted by Gasteiger charge is 2.17. The predicted molar refractivity (Wildman–Crippen MR) is 60.2 cm³/mol. The maximum atomic E-state index is 9.53. The van der Waals surface area contributed by atoms with Gasteiger partial charge in [0.15, 0.2) is 0 Å². The van der Waals surface area contributed by atoms with Crippen LogP contribution in [0.25, 0.3) is 0 Å². The number of hydrogen-bond acceptors (Lipinski definition) is 2. The van der Waals surface area contributed by atoms with E-state index in [1.165, 1.54) is 19.3 Å². The first-order valence-electron chi connectivity index (χ1n) is 5.98. The maximum absolute atomic E-state index is 9.53. The van der Waals surface area contributed by atoms with Gasteiger partial charge in [-0.2, -0.15) is 0 Å². The van der Waals surface area contributed by atoms with Gasteiger partial charge in [0.2, 0.25) is 0 Å². The fourth-order valence-corrected chi connectivity index (χ4v) is 1.96. The molecule has 0 amide bonds. The summed E-state index contributed by atoms with van der Waals surface area (Å²) < 4.78 is 0. The van der Waals surface area contributed by atoms with E-state index in [-0.39, 0.29) is 12.5 Å². The summed E-state index contributed by atoms with van der Waals surface area (Å²) >= 11 is 0. The molecule has 0 aromatic rings. The first-order valence-corrected chi connectivity index (χ1v) is 5.98. The first-order chi connectivity index (χ1) is 6.69. The van der Waals surface area contributed by atoms with Gasteiger partial charge in [-0.3, -0.25) is 0 Å². The molecular formula is C12H26O2. The van der Waals surface area contributed by atoms with E-state index >= 15 is 0 Å². The van der Waals surface area contributed by atoms with E-state index in [0.29, 0.717) is 0 Å². The van der Waals surface area contributed by atoms with Crippen LogP contribution in [0.3, 0.4) is 0 Å². The molecule has 2 heteroatoms.